The van der Waals surface area contributed by atoms with E-state index in [1.807, 2.05) is 12.1 Å². The van der Waals surface area contributed by atoms with E-state index in [4.69, 9.17) is 10.5 Å². The molecule has 0 unspecified atom stereocenters. The summed E-state index contributed by atoms with van der Waals surface area (Å²) in [5, 5.41) is 6.47. The Bertz CT molecular complexity index is 1550. The number of anilines is 3. The number of carbonyl (C=O) groups is 3. The van der Waals surface area contributed by atoms with Crippen LogP contribution in [0.15, 0.2) is 66.7 Å². The van der Waals surface area contributed by atoms with Gasteiger partial charge in [-0.1, -0.05) is 39.0 Å². The third-order valence-electron chi connectivity index (χ3n) is 6.05. The number of hydrogen-bond donors (Lipinski definition) is 4. The minimum Gasteiger partial charge on any atom is -0.455 e. The molecule has 0 bridgehead atoms. The van der Waals surface area contributed by atoms with Gasteiger partial charge in [-0.3, -0.25) is 9.59 Å². The van der Waals surface area contributed by atoms with E-state index < -0.39 is 17.5 Å². The molecule has 0 saturated heterocycles. The maximum absolute atomic E-state index is 13.3. The van der Waals surface area contributed by atoms with Crippen LogP contribution in [0.1, 0.15) is 78.3 Å². The van der Waals surface area contributed by atoms with E-state index in [1.165, 1.54) is 6.07 Å². The van der Waals surface area contributed by atoms with Gasteiger partial charge in [0.2, 0.25) is 0 Å². The Morgan fingerprint density at radius 1 is 0.795 bits per heavy atom. The lowest BCUT2D eigenvalue weighted by atomic mass is 9.86. The van der Waals surface area contributed by atoms with Crippen LogP contribution in [0.25, 0.3) is 10.9 Å². The highest BCUT2D eigenvalue weighted by Crippen LogP contribution is 2.26. The molecule has 5 N–H and O–H groups in total. The Kier molecular flexibility index (Phi) is 7.24. The van der Waals surface area contributed by atoms with Crippen molar-refractivity contribution in [1.29, 1.82) is 0 Å². The largest absolute Gasteiger partial charge is 0.455 e. The van der Waals surface area contributed by atoms with E-state index in [1.54, 1.807) is 69.3 Å². The fourth-order valence-electron chi connectivity index (χ4n) is 4.02. The van der Waals surface area contributed by atoms with Gasteiger partial charge in [0.05, 0.1) is 11.3 Å². The highest BCUT2D eigenvalue weighted by Gasteiger charge is 2.20. The normalized spacial score (nSPS) is 11.7. The maximum atomic E-state index is 13.3. The third kappa shape index (κ3) is 6.65. The molecule has 0 aliphatic carbocycles. The van der Waals surface area contributed by atoms with Crippen LogP contribution >= 0.6 is 0 Å². The molecule has 3 aromatic carbocycles. The molecule has 1 aromatic heterocycles. The Labute approximate surface area is 227 Å². The van der Waals surface area contributed by atoms with E-state index in [0.29, 0.717) is 33.8 Å². The standard InChI is InChI=1S/C31H34N4O4/c1-30(2,3)20-10-7-18(8-11-20)27(36)35-24-14-12-21(32)16-23(24)28(37)33-22-13-9-19-15-26(34-25(19)17-22)29(38)39-31(4,5)6/h7-17,34H,32H2,1-6H3,(H,33,37)(H,35,36). The molecule has 0 fully saturated rings. The third-order valence-corrected chi connectivity index (χ3v) is 6.05. The molecular weight excluding hydrogens is 492 g/mol. The van der Waals surface area contributed by atoms with Gasteiger partial charge in [0, 0.05) is 27.8 Å². The van der Waals surface area contributed by atoms with E-state index >= 15 is 0 Å². The number of amides is 2. The monoisotopic (exact) mass is 526 g/mol. The highest BCUT2D eigenvalue weighted by atomic mass is 16.6. The number of ether oxygens (including phenoxy) is 1. The van der Waals surface area contributed by atoms with Crippen LogP contribution in [-0.4, -0.2) is 28.4 Å². The molecule has 0 atom stereocenters. The zero-order chi connectivity index (χ0) is 28.5. The van der Waals surface area contributed by atoms with Crippen LogP contribution in [-0.2, 0) is 10.2 Å². The SMILES string of the molecule is CC(C)(C)OC(=O)c1cc2ccc(NC(=O)c3cc(N)ccc3NC(=O)c3ccc(C(C)(C)C)cc3)cc2[nH]1. The number of hydrogen-bond acceptors (Lipinski definition) is 5. The van der Waals surface area contributed by atoms with E-state index in [2.05, 4.69) is 36.4 Å². The van der Waals surface area contributed by atoms with Gasteiger partial charge in [0.15, 0.2) is 0 Å². The van der Waals surface area contributed by atoms with Crippen LogP contribution in [0.3, 0.4) is 0 Å². The number of fused-ring (bicyclic) bond motifs is 1. The average Bonchev–Trinajstić information content (AvgIpc) is 3.27. The predicted molar refractivity (Wildman–Crippen MR) is 155 cm³/mol. The van der Waals surface area contributed by atoms with Crippen molar-refractivity contribution in [1.82, 2.24) is 4.98 Å². The zero-order valence-electron chi connectivity index (χ0n) is 23.1. The smallest absolute Gasteiger partial charge is 0.355 e. The topological polar surface area (TPSA) is 126 Å². The Morgan fingerprint density at radius 2 is 1.49 bits per heavy atom. The predicted octanol–water partition coefficient (Wildman–Crippen LogP) is 6.51. The van der Waals surface area contributed by atoms with Gasteiger partial charge in [0.1, 0.15) is 11.3 Å². The second-order valence-corrected chi connectivity index (χ2v) is 11.5. The summed E-state index contributed by atoms with van der Waals surface area (Å²) in [6, 6.07) is 19.1. The molecule has 4 aromatic rings. The number of nitrogens with one attached hydrogen (secondary N) is 3. The minimum absolute atomic E-state index is 0.0301. The van der Waals surface area contributed by atoms with Crippen molar-refractivity contribution in [2.75, 3.05) is 16.4 Å². The molecule has 0 aliphatic heterocycles. The fraction of sp³-hybridized carbons (Fsp3) is 0.258. The number of aromatic nitrogens is 1. The molecule has 2 amide bonds. The highest BCUT2D eigenvalue weighted by molar-refractivity contribution is 6.13. The Balaban J connectivity index is 1.53. The fourth-order valence-corrected chi connectivity index (χ4v) is 4.02. The summed E-state index contributed by atoms with van der Waals surface area (Å²) in [7, 11) is 0. The van der Waals surface area contributed by atoms with Crippen LogP contribution in [0, 0.1) is 0 Å². The number of nitrogens with two attached hydrogens (primary N) is 1. The van der Waals surface area contributed by atoms with Crippen molar-refractivity contribution in [3.05, 3.63) is 89.1 Å². The molecule has 0 radical (unpaired) electrons. The summed E-state index contributed by atoms with van der Waals surface area (Å²) < 4.78 is 5.43. The first-order valence-electron chi connectivity index (χ1n) is 12.7. The maximum Gasteiger partial charge on any atom is 0.355 e. The lowest BCUT2D eigenvalue weighted by Crippen LogP contribution is -2.24. The van der Waals surface area contributed by atoms with Crippen molar-refractivity contribution >= 4 is 45.7 Å². The van der Waals surface area contributed by atoms with Crippen molar-refractivity contribution in [3.63, 3.8) is 0 Å². The van der Waals surface area contributed by atoms with Gasteiger partial charge in [-0.05, 0) is 80.3 Å². The number of carbonyl (C=O) groups excluding carboxylic acids is 3. The second-order valence-electron chi connectivity index (χ2n) is 11.5. The van der Waals surface area contributed by atoms with Gasteiger partial charge in [-0.25, -0.2) is 4.79 Å². The first-order valence-corrected chi connectivity index (χ1v) is 12.7. The zero-order valence-corrected chi connectivity index (χ0v) is 23.1. The van der Waals surface area contributed by atoms with E-state index in [0.717, 1.165) is 10.9 Å². The molecule has 4 rings (SSSR count). The number of nitrogen functional groups attached to an aromatic ring is 1. The molecule has 0 aliphatic rings. The van der Waals surface area contributed by atoms with Gasteiger partial charge in [0.25, 0.3) is 11.8 Å². The molecule has 0 spiro atoms. The minimum atomic E-state index is -0.617. The molecule has 8 heteroatoms. The van der Waals surface area contributed by atoms with Gasteiger partial charge in [-0.2, -0.15) is 0 Å². The van der Waals surface area contributed by atoms with Gasteiger partial charge < -0.3 is 26.1 Å². The Hall–Kier alpha value is -4.59. The molecule has 0 saturated carbocycles. The number of aromatic amines is 1. The van der Waals surface area contributed by atoms with Crippen LogP contribution in [0.2, 0.25) is 0 Å². The molecule has 39 heavy (non-hydrogen) atoms. The van der Waals surface area contributed by atoms with Crippen LogP contribution < -0.4 is 16.4 Å². The van der Waals surface area contributed by atoms with Crippen LogP contribution in [0.4, 0.5) is 17.1 Å². The lowest BCUT2D eigenvalue weighted by Gasteiger charge is -2.19. The summed E-state index contributed by atoms with van der Waals surface area (Å²) in [6.45, 7) is 11.7. The average molecular weight is 527 g/mol. The second kappa shape index (κ2) is 10.3. The molecule has 202 valence electrons. The molecule has 1 heterocycles. The van der Waals surface area contributed by atoms with Crippen molar-refractivity contribution < 1.29 is 19.1 Å². The summed E-state index contributed by atoms with van der Waals surface area (Å²) >= 11 is 0. The van der Waals surface area contributed by atoms with E-state index in [9.17, 15) is 14.4 Å². The quantitative estimate of drug-likeness (QED) is 0.174. The summed E-state index contributed by atoms with van der Waals surface area (Å²) in [6.07, 6.45) is 0. The Morgan fingerprint density at radius 3 is 2.13 bits per heavy atom. The van der Waals surface area contributed by atoms with E-state index in [-0.39, 0.29) is 16.9 Å². The van der Waals surface area contributed by atoms with Crippen molar-refractivity contribution in [2.24, 2.45) is 0 Å². The van der Waals surface area contributed by atoms with Crippen molar-refractivity contribution in [3.8, 4) is 0 Å². The number of rotatable bonds is 5. The van der Waals surface area contributed by atoms with Gasteiger partial charge >= 0.3 is 5.97 Å². The lowest BCUT2D eigenvalue weighted by molar-refractivity contribution is 0.00636. The first-order chi connectivity index (χ1) is 18.2. The van der Waals surface area contributed by atoms with Crippen molar-refractivity contribution in [2.45, 2.75) is 52.6 Å². The molecule has 8 nitrogen and oxygen atoms in total. The number of benzene rings is 3. The van der Waals surface area contributed by atoms with Gasteiger partial charge in [-0.15, -0.1) is 0 Å². The number of esters is 1. The summed E-state index contributed by atoms with van der Waals surface area (Å²) in [4.78, 5) is 41.7. The number of H-pyrrole nitrogens is 1. The summed E-state index contributed by atoms with van der Waals surface area (Å²) in [5.74, 6) is -1.24. The van der Waals surface area contributed by atoms with Crippen LogP contribution in [0.5, 0.6) is 0 Å². The molecular formula is C31H34N4O4. The first kappa shape index (κ1) is 27.4. The summed E-state index contributed by atoms with van der Waals surface area (Å²) in [5.41, 5.74) is 9.33.